The third-order valence-electron chi connectivity index (χ3n) is 1.53. The Bertz CT molecular complexity index is 209. The van der Waals surface area contributed by atoms with Crippen LogP contribution in [0.5, 0.6) is 0 Å². The molecule has 0 saturated carbocycles. The van der Waals surface area contributed by atoms with Gasteiger partial charge in [0.1, 0.15) is 0 Å². The molecule has 4 heteroatoms. The third-order valence-corrected chi connectivity index (χ3v) is 1.80. The van der Waals surface area contributed by atoms with Crippen LogP contribution in [0.4, 0.5) is 5.95 Å². The van der Waals surface area contributed by atoms with E-state index in [1.165, 1.54) is 0 Å². The number of unbranched alkanes of at least 4 members (excludes halogenated alkanes) is 1. The van der Waals surface area contributed by atoms with Gasteiger partial charge in [0.15, 0.2) is 5.95 Å². The molecule has 3 nitrogen and oxygen atoms in total. The van der Waals surface area contributed by atoms with Crippen molar-refractivity contribution in [2.45, 2.75) is 19.4 Å². The molecule has 0 unspecified atom stereocenters. The molecule has 0 aromatic carbocycles. The van der Waals surface area contributed by atoms with Crippen molar-refractivity contribution >= 4 is 17.5 Å². The Kier molecular flexibility index (Phi) is 3.23. The maximum Gasteiger partial charge on any atom is 0.200 e. The molecular formula is C7H12ClN3. The first-order valence-electron chi connectivity index (χ1n) is 3.67. The van der Waals surface area contributed by atoms with E-state index in [-0.39, 0.29) is 0 Å². The molecule has 1 rings (SSSR count). The van der Waals surface area contributed by atoms with Crippen molar-refractivity contribution in [2.24, 2.45) is 0 Å². The van der Waals surface area contributed by atoms with Gasteiger partial charge in [-0.2, -0.15) is 0 Å². The minimum atomic E-state index is 0.583. The lowest BCUT2D eigenvalue weighted by atomic mass is 10.3. The van der Waals surface area contributed by atoms with Crippen LogP contribution in [0.3, 0.4) is 0 Å². The molecule has 1 aromatic rings. The quantitative estimate of drug-likeness (QED) is 0.554. The average molecular weight is 174 g/mol. The van der Waals surface area contributed by atoms with E-state index in [4.69, 9.17) is 17.3 Å². The van der Waals surface area contributed by atoms with Crippen LogP contribution in [-0.2, 0) is 6.54 Å². The maximum absolute atomic E-state index is 5.54. The Labute approximate surface area is 71.2 Å². The molecule has 0 fully saturated rings. The number of aromatic nitrogens is 2. The van der Waals surface area contributed by atoms with Crippen LogP contribution in [0.1, 0.15) is 12.8 Å². The van der Waals surface area contributed by atoms with Gasteiger partial charge < -0.3 is 10.3 Å². The second-order valence-corrected chi connectivity index (χ2v) is 2.75. The molecular weight excluding hydrogens is 162 g/mol. The largest absolute Gasteiger partial charge is 0.369 e. The van der Waals surface area contributed by atoms with Crippen molar-refractivity contribution in [1.82, 2.24) is 9.55 Å². The highest BCUT2D eigenvalue weighted by molar-refractivity contribution is 6.17. The normalized spacial score (nSPS) is 10.3. The number of halogens is 1. The van der Waals surface area contributed by atoms with Gasteiger partial charge in [-0.25, -0.2) is 4.98 Å². The molecule has 0 amide bonds. The monoisotopic (exact) mass is 173 g/mol. The standard InChI is InChI=1S/C7H12ClN3/c8-3-1-2-5-11-6-4-10-7(11)9/h4,6H,1-3,5H2,(H2,9,10). The van der Waals surface area contributed by atoms with Crippen molar-refractivity contribution in [2.75, 3.05) is 11.6 Å². The number of anilines is 1. The zero-order valence-corrected chi connectivity index (χ0v) is 7.09. The van der Waals surface area contributed by atoms with Crippen molar-refractivity contribution in [3.63, 3.8) is 0 Å². The van der Waals surface area contributed by atoms with E-state index in [0.29, 0.717) is 11.8 Å². The minimum absolute atomic E-state index is 0.583. The summed E-state index contributed by atoms with van der Waals surface area (Å²) in [7, 11) is 0. The first-order chi connectivity index (χ1) is 5.34. The van der Waals surface area contributed by atoms with Gasteiger partial charge in [-0.1, -0.05) is 0 Å². The van der Waals surface area contributed by atoms with Gasteiger partial charge in [-0.3, -0.25) is 0 Å². The van der Waals surface area contributed by atoms with E-state index < -0.39 is 0 Å². The summed E-state index contributed by atoms with van der Waals surface area (Å²) in [5, 5.41) is 0. The molecule has 0 radical (unpaired) electrons. The van der Waals surface area contributed by atoms with Crippen LogP contribution in [-0.4, -0.2) is 15.4 Å². The molecule has 0 atom stereocenters. The van der Waals surface area contributed by atoms with Gasteiger partial charge in [0.05, 0.1) is 0 Å². The van der Waals surface area contributed by atoms with Crippen molar-refractivity contribution in [1.29, 1.82) is 0 Å². The fourth-order valence-corrected chi connectivity index (χ4v) is 1.10. The number of hydrogen-bond acceptors (Lipinski definition) is 2. The highest BCUT2D eigenvalue weighted by atomic mass is 35.5. The molecule has 11 heavy (non-hydrogen) atoms. The number of imidazole rings is 1. The summed E-state index contributed by atoms with van der Waals surface area (Å²) < 4.78 is 1.92. The third kappa shape index (κ3) is 2.42. The van der Waals surface area contributed by atoms with E-state index in [1.807, 2.05) is 10.8 Å². The molecule has 0 spiro atoms. The molecule has 0 saturated heterocycles. The fourth-order valence-electron chi connectivity index (χ4n) is 0.906. The maximum atomic E-state index is 5.54. The number of nitrogen functional groups attached to an aromatic ring is 1. The number of nitrogens with two attached hydrogens (primary N) is 1. The molecule has 1 heterocycles. The molecule has 0 bridgehead atoms. The first kappa shape index (κ1) is 8.40. The molecule has 0 aliphatic heterocycles. The van der Waals surface area contributed by atoms with Crippen LogP contribution in [0.2, 0.25) is 0 Å². The predicted octanol–water partition coefficient (Wildman–Crippen LogP) is 1.48. The number of rotatable bonds is 4. The average Bonchev–Trinajstić information content (AvgIpc) is 2.37. The summed E-state index contributed by atoms with van der Waals surface area (Å²) in [5.74, 6) is 1.30. The SMILES string of the molecule is Nc1nccn1CCCCCl. The zero-order chi connectivity index (χ0) is 8.10. The predicted molar refractivity (Wildman–Crippen MR) is 46.6 cm³/mol. The van der Waals surface area contributed by atoms with Crippen LogP contribution in [0.15, 0.2) is 12.4 Å². The van der Waals surface area contributed by atoms with Crippen molar-refractivity contribution in [3.8, 4) is 0 Å². The lowest BCUT2D eigenvalue weighted by Crippen LogP contribution is -2.02. The topological polar surface area (TPSA) is 43.8 Å². The van der Waals surface area contributed by atoms with Crippen LogP contribution in [0, 0.1) is 0 Å². The Morgan fingerprint density at radius 1 is 1.55 bits per heavy atom. The number of hydrogen-bond donors (Lipinski definition) is 1. The summed E-state index contributed by atoms with van der Waals surface area (Å²) in [6.07, 6.45) is 5.67. The van der Waals surface area contributed by atoms with Gasteiger partial charge in [0.2, 0.25) is 0 Å². The summed E-state index contributed by atoms with van der Waals surface area (Å²) in [6, 6.07) is 0. The van der Waals surface area contributed by atoms with Gasteiger partial charge in [0.25, 0.3) is 0 Å². The molecule has 1 aromatic heterocycles. The van der Waals surface area contributed by atoms with Crippen LogP contribution in [0.25, 0.3) is 0 Å². The smallest absolute Gasteiger partial charge is 0.200 e. The van der Waals surface area contributed by atoms with Crippen LogP contribution < -0.4 is 5.73 Å². The van der Waals surface area contributed by atoms with Crippen molar-refractivity contribution in [3.05, 3.63) is 12.4 Å². The van der Waals surface area contributed by atoms with Gasteiger partial charge in [-0.15, -0.1) is 11.6 Å². The van der Waals surface area contributed by atoms with Gasteiger partial charge in [0, 0.05) is 24.8 Å². The molecule has 0 aliphatic carbocycles. The summed E-state index contributed by atoms with van der Waals surface area (Å²) in [5.41, 5.74) is 5.54. The summed E-state index contributed by atoms with van der Waals surface area (Å²) in [6.45, 7) is 0.915. The molecule has 2 N–H and O–H groups in total. The van der Waals surface area contributed by atoms with Crippen molar-refractivity contribution < 1.29 is 0 Å². The number of aryl methyl sites for hydroxylation is 1. The Hall–Kier alpha value is -0.700. The van der Waals surface area contributed by atoms with Crippen LogP contribution >= 0.6 is 11.6 Å². The zero-order valence-electron chi connectivity index (χ0n) is 6.33. The Balaban J connectivity index is 2.32. The molecule has 0 aliphatic rings. The fraction of sp³-hybridized carbons (Fsp3) is 0.571. The second kappa shape index (κ2) is 4.23. The van der Waals surface area contributed by atoms with Gasteiger partial charge in [-0.05, 0) is 12.8 Å². The number of nitrogens with zero attached hydrogens (tertiary/aromatic N) is 2. The van der Waals surface area contributed by atoms with Gasteiger partial charge >= 0.3 is 0 Å². The lowest BCUT2D eigenvalue weighted by molar-refractivity contribution is 0.641. The number of alkyl halides is 1. The minimum Gasteiger partial charge on any atom is -0.369 e. The molecule has 62 valence electrons. The second-order valence-electron chi connectivity index (χ2n) is 2.37. The summed E-state index contributed by atoms with van der Waals surface area (Å²) in [4.78, 5) is 3.90. The van der Waals surface area contributed by atoms with E-state index in [2.05, 4.69) is 4.98 Å². The first-order valence-corrected chi connectivity index (χ1v) is 4.20. The summed E-state index contributed by atoms with van der Waals surface area (Å²) >= 11 is 5.53. The van der Waals surface area contributed by atoms with E-state index in [0.717, 1.165) is 19.4 Å². The highest BCUT2D eigenvalue weighted by Gasteiger charge is 1.95. The lowest BCUT2D eigenvalue weighted by Gasteiger charge is -2.01. The van der Waals surface area contributed by atoms with E-state index in [9.17, 15) is 0 Å². The van der Waals surface area contributed by atoms with E-state index in [1.54, 1.807) is 6.20 Å². The van der Waals surface area contributed by atoms with E-state index >= 15 is 0 Å². The highest BCUT2D eigenvalue weighted by Crippen LogP contribution is 2.02. The Morgan fingerprint density at radius 2 is 2.36 bits per heavy atom. The Morgan fingerprint density at radius 3 is 2.91 bits per heavy atom.